The van der Waals surface area contributed by atoms with E-state index >= 15 is 0 Å². The molecule has 0 saturated heterocycles. The Bertz CT molecular complexity index is 851. The molecule has 2 aliphatic rings. The van der Waals surface area contributed by atoms with E-state index in [0.717, 1.165) is 6.42 Å². The average molecular weight is 333 g/mol. The van der Waals surface area contributed by atoms with E-state index in [-0.39, 0.29) is 12.0 Å². The number of carbonyl (C=O) groups excluding carboxylic acids is 1. The number of fused-ring (bicyclic) bond motifs is 3. The number of anilines is 1. The van der Waals surface area contributed by atoms with Crippen molar-refractivity contribution in [3.8, 4) is 0 Å². The van der Waals surface area contributed by atoms with E-state index in [0.29, 0.717) is 17.4 Å². The number of carbonyl (C=O) groups is 1. The summed E-state index contributed by atoms with van der Waals surface area (Å²) in [7, 11) is 1.41. The highest BCUT2D eigenvalue weighted by atomic mass is 16.5. The van der Waals surface area contributed by atoms with Crippen LogP contribution in [0.25, 0.3) is 0 Å². The predicted molar refractivity (Wildman–Crippen MR) is 100 cm³/mol. The Kier molecular flexibility index (Phi) is 3.87. The predicted octanol–water partition coefficient (Wildman–Crippen LogP) is 4.92. The Labute approximate surface area is 148 Å². The number of rotatable bonds is 2. The minimum atomic E-state index is -0.291. The second-order valence-corrected chi connectivity index (χ2v) is 7.14. The summed E-state index contributed by atoms with van der Waals surface area (Å²) in [5, 5.41) is 3.79. The van der Waals surface area contributed by atoms with Gasteiger partial charge in [0.1, 0.15) is 0 Å². The van der Waals surface area contributed by atoms with Crippen LogP contribution in [0.15, 0.2) is 48.6 Å². The monoisotopic (exact) mass is 333 g/mol. The van der Waals surface area contributed by atoms with Crippen LogP contribution in [0.1, 0.15) is 51.0 Å². The van der Waals surface area contributed by atoms with Gasteiger partial charge in [-0.05, 0) is 55.0 Å². The molecule has 0 radical (unpaired) electrons. The van der Waals surface area contributed by atoms with Crippen molar-refractivity contribution in [1.82, 2.24) is 0 Å². The molecule has 25 heavy (non-hydrogen) atoms. The molecule has 0 fully saturated rings. The van der Waals surface area contributed by atoms with Crippen molar-refractivity contribution in [3.63, 3.8) is 0 Å². The molecule has 1 aliphatic carbocycles. The lowest BCUT2D eigenvalue weighted by molar-refractivity contribution is 0.0600. The first-order valence-electron chi connectivity index (χ1n) is 8.81. The standard InChI is InChI=1S/C22H23NO2/c1-13-11-14(2)20-19(12-13)17-5-4-6-18(17)21(23-20)15-7-9-16(10-8-15)22(24)25-3/h4-5,7-12,17-18,21,23H,6H2,1-3H3/t17-,18-,21-/m0/s1. The van der Waals surface area contributed by atoms with Crippen molar-refractivity contribution < 1.29 is 9.53 Å². The van der Waals surface area contributed by atoms with Gasteiger partial charge >= 0.3 is 5.97 Å². The van der Waals surface area contributed by atoms with Crippen LogP contribution >= 0.6 is 0 Å². The number of esters is 1. The lowest BCUT2D eigenvalue weighted by Gasteiger charge is -2.38. The maximum absolute atomic E-state index is 11.7. The minimum Gasteiger partial charge on any atom is -0.465 e. The largest absolute Gasteiger partial charge is 0.465 e. The molecule has 3 heteroatoms. The van der Waals surface area contributed by atoms with Gasteiger partial charge in [-0.2, -0.15) is 0 Å². The average Bonchev–Trinajstić information content (AvgIpc) is 3.11. The lowest BCUT2D eigenvalue weighted by atomic mass is 9.76. The molecular weight excluding hydrogens is 310 g/mol. The van der Waals surface area contributed by atoms with Crippen LogP contribution in [0.4, 0.5) is 5.69 Å². The topological polar surface area (TPSA) is 38.3 Å². The van der Waals surface area contributed by atoms with Gasteiger partial charge in [0.25, 0.3) is 0 Å². The second-order valence-electron chi connectivity index (χ2n) is 7.14. The molecule has 2 aromatic rings. The molecule has 1 N–H and O–H groups in total. The number of allylic oxidation sites excluding steroid dienone is 2. The van der Waals surface area contributed by atoms with Crippen LogP contribution in [-0.2, 0) is 4.74 Å². The highest BCUT2D eigenvalue weighted by molar-refractivity contribution is 5.89. The van der Waals surface area contributed by atoms with Gasteiger partial charge in [-0.25, -0.2) is 4.79 Å². The highest BCUT2D eigenvalue weighted by Gasteiger charge is 2.38. The summed E-state index contributed by atoms with van der Waals surface area (Å²) < 4.78 is 4.80. The molecule has 1 heterocycles. The van der Waals surface area contributed by atoms with Crippen molar-refractivity contribution in [3.05, 3.63) is 76.4 Å². The number of hydrogen-bond donors (Lipinski definition) is 1. The molecule has 4 rings (SSSR count). The smallest absolute Gasteiger partial charge is 0.337 e. The molecule has 1 aliphatic heterocycles. The Morgan fingerprint density at radius 2 is 1.92 bits per heavy atom. The molecule has 3 atom stereocenters. The van der Waals surface area contributed by atoms with Gasteiger partial charge in [-0.15, -0.1) is 0 Å². The molecule has 0 spiro atoms. The first-order chi connectivity index (χ1) is 12.1. The molecule has 3 nitrogen and oxygen atoms in total. The normalized spacial score (nSPS) is 23.6. The molecule has 128 valence electrons. The number of ether oxygens (including phenoxy) is 1. The third kappa shape index (κ3) is 2.64. The van der Waals surface area contributed by atoms with E-state index in [9.17, 15) is 4.79 Å². The van der Waals surface area contributed by atoms with Crippen LogP contribution in [-0.4, -0.2) is 13.1 Å². The van der Waals surface area contributed by atoms with E-state index in [4.69, 9.17) is 4.74 Å². The number of hydrogen-bond acceptors (Lipinski definition) is 3. The van der Waals surface area contributed by atoms with Crippen LogP contribution in [0.5, 0.6) is 0 Å². The first-order valence-corrected chi connectivity index (χ1v) is 8.81. The SMILES string of the molecule is COC(=O)c1ccc([C@@H]2Nc3c(C)cc(C)cc3[C@H]3C=CC[C@@H]32)cc1. The summed E-state index contributed by atoms with van der Waals surface area (Å²) in [6, 6.07) is 12.6. The molecule has 0 amide bonds. The van der Waals surface area contributed by atoms with Gasteiger partial charge in [0.2, 0.25) is 0 Å². The van der Waals surface area contributed by atoms with Gasteiger partial charge in [-0.1, -0.05) is 42.0 Å². The summed E-state index contributed by atoms with van der Waals surface area (Å²) in [4.78, 5) is 11.7. The number of nitrogens with one attached hydrogen (secondary N) is 1. The summed E-state index contributed by atoms with van der Waals surface area (Å²) >= 11 is 0. The quantitative estimate of drug-likeness (QED) is 0.626. The number of benzene rings is 2. The maximum atomic E-state index is 11.7. The van der Waals surface area contributed by atoms with E-state index in [1.807, 2.05) is 24.3 Å². The van der Waals surface area contributed by atoms with Crippen molar-refractivity contribution in [2.75, 3.05) is 12.4 Å². The molecule has 0 bridgehead atoms. The van der Waals surface area contributed by atoms with Gasteiger partial charge in [0.05, 0.1) is 18.7 Å². The molecule has 2 aromatic carbocycles. The summed E-state index contributed by atoms with van der Waals surface area (Å²) in [5.74, 6) is 0.679. The zero-order valence-electron chi connectivity index (χ0n) is 14.9. The fourth-order valence-electron chi connectivity index (χ4n) is 4.35. The lowest BCUT2D eigenvalue weighted by Crippen LogP contribution is -2.29. The van der Waals surface area contributed by atoms with Gasteiger partial charge < -0.3 is 10.1 Å². The maximum Gasteiger partial charge on any atom is 0.337 e. The van der Waals surface area contributed by atoms with E-state index in [1.165, 1.54) is 35.1 Å². The molecule has 0 saturated carbocycles. The van der Waals surface area contributed by atoms with Gasteiger partial charge in [0.15, 0.2) is 0 Å². The molecule has 0 aromatic heterocycles. The zero-order valence-corrected chi connectivity index (χ0v) is 14.9. The Balaban J connectivity index is 1.73. The van der Waals surface area contributed by atoms with Crippen molar-refractivity contribution in [2.24, 2.45) is 5.92 Å². The Morgan fingerprint density at radius 3 is 2.64 bits per heavy atom. The second kappa shape index (κ2) is 6.07. The fourth-order valence-corrected chi connectivity index (χ4v) is 4.35. The number of aryl methyl sites for hydroxylation is 2. The minimum absolute atomic E-state index is 0.251. The van der Waals surface area contributed by atoms with Gasteiger partial charge in [-0.3, -0.25) is 0 Å². The van der Waals surface area contributed by atoms with Crippen LogP contribution < -0.4 is 5.32 Å². The summed E-state index contributed by atoms with van der Waals surface area (Å²) in [6.45, 7) is 4.34. The van der Waals surface area contributed by atoms with Crippen molar-refractivity contribution >= 4 is 11.7 Å². The number of methoxy groups -OCH3 is 1. The van der Waals surface area contributed by atoms with E-state index < -0.39 is 0 Å². The summed E-state index contributed by atoms with van der Waals surface area (Å²) in [5.41, 5.74) is 7.11. The molecule has 0 unspecified atom stereocenters. The first kappa shape index (κ1) is 15.9. The third-order valence-corrected chi connectivity index (χ3v) is 5.50. The highest BCUT2D eigenvalue weighted by Crippen LogP contribution is 2.50. The van der Waals surface area contributed by atoms with Gasteiger partial charge in [0, 0.05) is 11.6 Å². The third-order valence-electron chi connectivity index (χ3n) is 5.50. The van der Waals surface area contributed by atoms with Crippen LogP contribution in [0.2, 0.25) is 0 Å². The Hall–Kier alpha value is -2.55. The van der Waals surface area contributed by atoms with E-state index in [2.05, 4.69) is 43.4 Å². The molecular formula is C22H23NO2. The van der Waals surface area contributed by atoms with Crippen LogP contribution in [0.3, 0.4) is 0 Å². The van der Waals surface area contributed by atoms with Crippen molar-refractivity contribution in [2.45, 2.75) is 32.2 Å². The Morgan fingerprint density at radius 1 is 1.16 bits per heavy atom. The summed E-state index contributed by atoms with van der Waals surface area (Å²) in [6.07, 6.45) is 5.74. The van der Waals surface area contributed by atoms with Crippen LogP contribution in [0, 0.1) is 19.8 Å². The fraction of sp³-hybridized carbons (Fsp3) is 0.318. The zero-order chi connectivity index (χ0) is 17.6. The van der Waals surface area contributed by atoms with Crippen molar-refractivity contribution in [1.29, 1.82) is 0 Å². The van der Waals surface area contributed by atoms with E-state index in [1.54, 1.807) is 0 Å².